The molecule has 1 aromatic carbocycles. The van der Waals surface area contributed by atoms with E-state index < -0.39 is 0 Å². The summed E-state index contributed by atoms with van der Waals surface area (Å²) in [6.45, 7) is 4.75. The molecule has 0 aliphatic carbocycles. The van der Waals surface area contributed by atoms with E-state index in [1.54, 1.807) is 0 Å². The number of halogens is 1. The highest BCUT2D eigenvalue weighted by Crippen LogP contribution is 2.34. The molecule has 1 aliphatic heterocycles. The SMILES string of the molecule is CCCC1(C(=O)NCCc2ccc(Cl)cc2)CCNCC1. The number of amides is 1. The van der Waals surface area contributed by atoms with Crippen LogP contribution in [0.25, 0.3) is 0 Å². The third-order valence-corrected chi connectivity index (χ3v) is 4.64. The van der Waals surface area contributed by atoms with Crippen molar-refractivity contribution in [3.05, 3.63) is 34.9 Å². The number of carbonyl (C=O) groups is 1. The smallest absolute Gasteiger partial charge is 0.226 e. The van der Waals surface area contributed by atoms with Crippen LogP contribution in [0.5, 0.6) is 0 Å². The van der Waals surface area contributed by atoms with Gasteiger partial charge in [0.2, 0.25) is 5.91 Å². The maximum atomic E-state index is 12.6. The Bertz CT molecular complexity index is 447. The first-order chi connectivity index (χ1) is 10.2. The Morgan fingerprint density at radius 3 is 2.57 bits per heavy atom. The molecule has 0 radical (unpaired) electrons. The number of hydrogen-bond donors (Lipinski definition) is 2. The number of carbonyl (C=O) groups excluding carboxylic acids is 1. The van der Waals surface area contributed by atoms with Gasteiger partial charge in [0.05, 0.1) is 5.41 Å². The van der Waals surface area contributed by atoms with E-state index in [0.717, 1.165) is 50.2 Å². The van der Waals surface area contributed by atoms with Gasteiger partial charge < -0.3 is 10.6 Å². The number of nitrogens with one attached hydrogen (secondary N) is 2. The second-order valence-corrected chi connectivity index (χ2v) is 6.35. The van der Waals surface area contributed by atoms with Crippen molar-refractivity contribution in [1.29, 1.82) is 0 Å². The Labute approximate surface area is 132 Å². The molecule has 0 bridgehead atoms. The number of hydrogen-bond acceptors (Lipinski definition) is 2. The molecule has 0 unspecified atom stereocenters. The lowest BCUT2D eigenvalue weighted by molar-refractivity contribution is -0.133. The molecule has 2 rings (SSSR count). The molecule has 1 aliphatic rings. The summed E-state index contributed by atoms with van der Waals surface area (Å²) < 4.78 is 0. The van der Waals surface area contributed by atoms with E-state index in [1.807, 2.05) is 24.3 Å². The zero-order valence-corrected chi connectivity index (χ0v) is 13.5. The molecule has 21 heavy (non-hydrogen) atoms. The molecule has 1 saturated heterocycles. The van der Waals surface area contributed by atoms with Crippen molar-refractivity contribution < 1.29 is 4.79 Å². The van der Waals surface area contributed by atoms with Crippen LogP contribution in [-0.4, -0.2) is 25.5 Å². The lowest BCUT2D eigenvalue weighted by Crippen LogP contribution is -2.48. The number of rotatable bonds is 6. The predicted octanol–water partition coefficient (Wildman–Crippen LogP) is 3.17. The van der Waals surface area contributed by atoms with Gasteiger partial charge in [-0.1, -0.05) is 37.1 Å². The number of piperidine rings is 1. The molecule has 3 nitrogen and oxygen atoms in total. The molecule has 2 N–H and O–H groups in total. The molecule has 116 valence electrons. The first-order valence-electron chi connectivity index (χ1n) is 7.90. The van der Waals surface area contributed by atoms with Gasteiger partial charge in [-0.25, -0.2) is 0 Å². The largest absolute Gasteiger partial charge is 0.355 e. The van der Waals surface area contributed by atoms with Crippen LogP contribution in [0.4, 0.5) is 0 Å². The molecule has 1 amide bonds. The quantitative estimate of drug-likeness (QED) is 0.847. The van der Waals surface area contributed by atoms with Gasteiger partial charge >= 0.3 is 0 Å². The van der Waals surface area contributed by atoms with Gasteiger partial charge in [0.1, 0.15) is 0 Å². The normalized spacial score (nSPS) is 17.4. The lowest BCUT2D eigenvalue weighted by Gasteiger charge is -2.36. The fourth-order valence-electron chi connectivity index (χ4n) is 3.13. The minimum atomic E-state index is -0.153. The summed E-state index contributed by atoms with van der Waals surface area (Å²) in [5.74, 6) is 0.236. The molecule has 4 heteroatoms. The highest BCUT2D eigenvalue weighted by atomic mass is 35.5. The molecule has 0 aromatic heterocycles. The molecular formula is C17H25ClN2O. The molecule has 0 atom stereocenters. The van der Waals surface area contributed by atoms with Gasteiger partial charge in [-0.3, -0.25) is 4.79 Å². The van der Waals surface area contributed by atoms with Gasteiger partial charge in [-0.05, 0) is 56.5 Å². The fourth-order valence-corrected chi connectivity index (χ4v) is 3.26. The van der Waals surface area contributed by atoms with Crippen LogP contribution in [0, 0.1) is 5.41 Å². The van der Waals surface area contributed by atoms with E-state index in [4.69, 9.17) is 11.6 Å². The average Bonchev–Trinajstić information content (AvgIpc) is 2.50. The van der Waals surface area contributed by atoms with Crippen LogP contribution in [-0.2, 0) is 11.2 Å². The van der Waals surface area contributed by atoms with Crippen molar-refractivity contribution in [1.82, 2.24) is 10.6 Å². The molecule has 1 fully saturated rings. The van der Waals surface area contributed by atoms with Gasteiger partial charge in [0, 0.05) is 11.6 Å². The monoisotopic (exact) mass is 308 g/mol. The van der Waals surface area contributed by atoms with Gasteiger partial charge in [-0.2, -0.15) is 0 Å². The van der Waals surface area contributed by atoms with Crippen LogP contribution < -0.4 is 10.6 Å². The van der Waals surface area contributed by atoms with Crippen LogP contribution in [0.1, 0.15) is 38.2 Å². The van der Waals surface area contributed by atoms with Crippen molar-refractivity contribution in [3.8, 4) is 0 Å². The summed E-state index contributed by atoms with van der Waals surface area (Å²) in [4.78, 5) is 12.6. The van der Waals surface area contributed by atoms with Crippen LogP contribution >= 0.6 is 11.6 Å². The van der Waals surface area contributed by atoms with Crippen molar-refractivity contribution in [2.75, 3.05) is 19.6 Å². The fraction of sp³-hybridized carbons (Fsp3) is 0.588. The Morgan fingerprint density at radius 1 is 1.29 bits per heavy atom. The third-order valence-electron chi connectivity index (χ3n) is 4.38. The van der Waals surface area contributed by atoms with Crippen LogP contribution in [0.15, 0.2) is 24.3 Å². The van der Waals surface area contributed by atoms with E-state index in [2.05, 4.69) is 17.6 Å². The van der Waals surface area contributed by atoms with Crippen molar-refractivity contribution >= 4 is 17.5 Å². The highest BCUT2D eigenvalue weighted by molar-refractivity contribution is 6.30. The minimum absolute atomic E-state index is 0.153. The first-order valence-corrected chi connectivity index (χ1v) is 8.27. The van der Waals surface area contributed by atoms with Crippen molar-refractivity contribution in [2.45, 2.75) is 39.0 Å². The lowest BCUT2D eigenvalue weighted by atomic mass is 9.74. The summed E-state index contributed by atoms with van der Waals surface area (Å²) in [5.41, 5.74) is 1.05. The topological polar surface area (TPSA) is 41.1 Å². The summed E-state index contributed by atoms with van der Waals surface area (Å²) in [6, 6.07) is 7.82. The van der Waals surface area contributed by atoms with Gasteiger partial charge in [-0.15, -0.1) is 0 Å². The van der Waals surface area contributed by atoms with Gasteiger partial charge in [0.25, 0.3) is 0 Å². The summed E-state index contributed by atoms with van der Waals surface area (Å²) in [5, 5.41) is 7.24. The molecule has 0 saturated carbocycles. The Hall–Kier alpha value is -1.06. The molecule has 0 spiro atoms. The second kappa shape index (κ2) is 7.81. The van der Waals surface area contributed by atoms with E-state index in [0.29, 0.717) is 6.54 Å². The Balaban J connectivity index is 1.85. The standard InChI is InChI=1S/C17H25ClN2O/c1-2-8-17(9-12-19-13-10-17)16(21)20-11-7-14-3-5-15(18)6-4-14/h3-6,19H,2,7-13H2,1H3,(H,20,21). The minimum Gasteiger partial charge on any atom is -0.355 e. The van der Waals surface area contributed by atoms with Crippen molar-refractivity contribution in [2.24, 2.45) is 5.41 Å². The summed E-state index contributed by atoms with van der Waals surface area (Å²) in [7, 11) is 0. The highest BCUT2D eigenvalue weighted by Gasteiger charge is 2.38. The average molecular weight is 309 g/mol. The van der Waals surface area contributed by atoms with E-state index in [-0.39, 0.29) is 11.3 Å². The van der Waals surface area contributed by atoms with Crippen LogP contribution in [0.3, 0.4) is 0 Å². The maximum absolute atomic E-state index is 12.6. The molecular weight excluding hydrogens is 284 g/mol. The van der Waals surface area contributed by atoms with Crippen molar-refractivity contribution in [3.63, 3.8) is 0 Å². The van der Waals surface area contributed by atoms with Crippen LogP contribution in [0.2, 0.25) is 5.02 Å². The zero-order chi connectivity index (χ0) is 15.1. The maximum Gasteiger partial charge on any atom is 0.226 e. The van der Waals surface area contributed by atoms with E-state index >= 15 is 0 Å². The number of benzene rings is 1. The Kier molecular flexibility index (Phi) is 6.07. The Morgan fingerprint density at radius 2 is 1.95 bits per heavy atom. The second-order valence-electron chi connectivity index (χ2n) is 5.91. The summed E-state index contributed by atoms with van der Waals surface area (Å²) >= 11 is 5.88. The molecule has 1 aromatic rings. The summed E-state index contributed by atoms with van der Waals surface area (Å²) in [6.07, 6.45) is 4.80. The zero-order valence-electron chi connectivity index (χ0n) is 12.8. The predicted molar refractivity (Wildman–Crippen MR) is 87.6 cm³/mol. The third kappa shape index (κ3) is 4.45. The van der Waals surface area contributed by atoms with E-state index in [1.165, 1.54) is 5.56 Å². The molecule has 1 heterocycles. The van der Waals surface area contributed by atoms with Gasteiger partial charge in [0.15, 0.2) is 0 Å². The van der Waals surface area contributed by atoms with E-state index in [9.17, 15) is 4.79 Å². The first kappa shape index (κ1) is 16.3.